The number of anilines is 1. The number of rotatable bonds is 3. The molecule has 0 aliphatic carbocycles. The van der Waals surface area contributed by atoms with E-state index in [1.165, 1.54) is 18.3 Å². The zero-order valence-corrected chi connectivity index (χ0v) is 10.3. The van der Waals surface area contributed by atoms with Crippen LogP contribution in [0, 0.1) is 12.7 Å². The van der Waals surface area contributed by atoms with Crippen molar-refractivity contribution < 1.29 is 12.8 Å². The summed E-state index contributed by atoms with van der Waals surface area (Å²) in [7, 11) is -4.06. The SMILES string of the molecule is Cc1cccc(NS(=O)(=O)c2ncccc2F)n1. The molecule has 0 amide bonds. The van der Waals surface area contributed by atoms with Gasteiger partial charge in [0.15, 0.2) is 5.82 Å². The zero-order valence-electron chi connectivity index (χ0n) is 9.46. The van der Waals surface area contributed by atoms with E-state index in [-0.39, 0.29) is 5.82 Å². The molecule has 0 radical (unpaired) electrons. The minimum atomic E-state index is -4.06. The first-order chi connectivity index (χ1) is 8.49. The van der Waals surface area contributed by atoms with Crippen molar-refractivity contribution in [3.05, 3.63) is 48.0 Å². The third-order valence-corrected chi connectivity index (χ3v) is 3.39. The Hall–Kier alpha value is -2.02. The summed E-state index contributed by atoms with van der Waals surface area (Å²) < 4.78 is 39.3. The molecule has 0 bridgehead atoms. The van der Waals surface area contributed by atoms with Gasteiger partial charge in [0.05, 0.1) is 0 Å². The Morgan fingerprint density at radius 1 is 1.22 bits per heavy atom. The first-order valence-corrected chi connectivity index (χ1v) is 6.54. The van der Waals surface area contributed by atoms with Gasteiger partial charge >= 0.3 is 0 Å². The topological polar surface area (TPSA) is 72.0 Å². The summed E-state index contributed by atoms with van der Waals surface area (Å²) in [5, 5.41) is -0.645. The molecule has 1 N–H and O–H groups in total. The van der Waals surface area contributed by atoms with Gasteiger partial charge in [0.25, 0.3) is 10.0 Å². The maximum atomic E-state index is 13.4. The number of aryl methyl sites for hydroxylation is 1. The lowest BCUT2D eigenvalue weighted by Crippen LogP contribution is -2.17. The highest BCUT2D eigenvalue weighted by Crippen LogP contribution is 2.14. The third-order valence-electron chi connectivity index (χ3n) is 2.11. The van der Waals surface area contributed by atoms with Gasteiger partial charge in [0.1, 0.15) is 5.82 Å². The largest absolute Gasteiger partial charge is 0.283 e. The smallest absolute Gasteiger partial charge is 0.262 e. The van der Waals surface area contributed by atoms with Gasteiger partial charge in [-0.05, 0) is 31.2 Å². The van der Waals surface area contributed by atoms with Crippen molar-refractivity contribution in [1.82, 2.24) is 9.97 Å². The standard InChI is InChI=1S/C11H10FN3O2S/c1-8-4-2-6-10(14-8)15-18(16,17)11-9(12)5-3-7-13-11/h2-7H,1H3,(H,14,15). The van der Waals surface area contributed by atoms with E-state index in [2.05, 4.69) is 14.7 Å². The summed E-state index contributed by atoms with van der Waals surface area (Å²) in [6.45, 7) is 1.72. The zero-order chi connectivity index (χ0) is 13.2. The first-order valence-electron chi connectivity index (χ1n) is 5.06. The number of aromatic nitrogens is 2. The predicted octanol–water partition coefficient (Wildman–Crippen LogP) is 1.72. The van der Waals surface area contributed by atoms with E-state index in [9.17, 15) is 12.8 Å². The lowest BCUT2D eigenvalue weighted by atomic mass is 10.4. The van der Waals surface area contributed by atoms with Gasteiger partial charge in [-0.1, -0.05) is 6.07 Å². The molecule has 94 valence electrons. The van der Waals surface area contributed by atoms with Crippen molar-refractivity contribution in [2.75, 3.05) is 4.72 Å². The highest BCUT2D eigenvalue weighted by molar-refractivity contribution is 7.92. The Morgan fingerprint density at radius 2 is 2.00 bits per heavy atom. The van der Waals surface area contributed by atoms with Gasteiger partial charge in [0, 0.05) is 11.9 Å². The van der Waals surface area contributed by atoms with E-state index in [0.29, 0.717) is 5.69 Å². The Morgan fingerprint density at radius 3 is 2.67 bits per heavy atom. The quantitative estimate of drug-likeness (QED) is 0.919. The van der Waals surface area contributed by atoms with E-state index in [1.54, 1.807) is 19.1 Å². The minimum Gasteiger partial charge on any atom is -0.262 e. The lowest BCUT2D eigenvalue weighted by Gasteiger charge is -2.07. The molecule has 2 heterocycles. The second-order valence-corrected chi connectivity index (χ2v) is 5.16. The van der Waals surface area contributed by atoms with Crippen LogP contribution in [0.15, 0.2) is 41.6 Å². The van der Waals surface area contributed by atoms with Gasteiger partial charge < -0.3 is 0 Å². The highest BCUT2D eigenvalue weighted by atomic mass is 32.2. The van der Waals surface area contributed by atoms with Crippen LogP contribution in [-0.2, 0) is 10.0 Å². The molecule has 0 aromatic carbocycles. The van der Waals surface area contributed by atoms with Gasteiger partial charge in [-0.2, -0.15) is 8.42 Å². The molecule has 18 heavy (non-hydrogen) atoms. The fourth-order valence-electron chi connectivity index (χ4n) is 1.35. The van der Waals surface area contributed by atoms with Crippen molar-refractivity contribution in [2.24, 2.45) is 0 Å². The molecule has 2 rings (SSSR count). The van der Waals surface area contributed by atoms with Crippen molar-refractivity contribution >= 4 is 15.8 Å². The van der Waals surface area contributed by atoms with Crippen molar-refractivity contribution in [2.45, 2.75) is 11.9 Å². The number of halogens is 1. The van der Waals surface area contributed by atoms with E-state index in [1.807, 2.05) is 0 Å². The average Bonchev–Trinajstić information content (AvgIpc) is 2.28. The van der Waals surface area contributed by atoms with E-state index in [4.69, 9.17) is 0 Å². The van der Waals surface area contributed by atoms with Crippen molar-refractivity contribution in [3.8, 4) is 0 Å². The molecule has 0 atom stereocenters. The fraction of sp³-hybridized carbons (Fsp3) is 0.0909. The van der Waals surface area contributed by atoms with Crippen LogP contribution in [0.1, 0.15) is 5.69 Å². The molecule has 5 nitrogen and oxygen atoms in total. The highest BCUT2D eigenvalue weighted by Gasteiger charge is 2.20. The summed E-state index contributed by atoms with van der Waals surface area (Å²) in [6, 6.07) is 7.20. The van der Waals surface area contributed by atoms with E-state index in [0.717, 1.165) is 6.07 Å². The maximum Gasteiger partial charge on any atom is 0.283 e. The minimum absolute atomic E-state index is 0.125. The summed E-state index contributed by atoms with van der Waals surface area (Å²) in [5.41, 5.74) is 0.650. The fourth-order valence-corrected chi connectivity index (χ4v) is 2.36. The summed E-state index contributed by atoms with van der Waals surface area (Å²) in [4.78, 5) is 7.49. The third kappa shape index (κ3) is 2.62. The van der Waals surface area contributed by atoms with Gasteiger partial charge in [-0.3, -0.25) is 4.72 Å². The summed E-state index contributed by atoms with van der Waals surface area (Å²) >= 11 is 0. The molecule has 0 saturated carbocycles. The molecule has 0 spiro atoms. The van der Waals surface area contributed by atoms with Crippen molar-refractivity contribution in [1.29, 1.82) is 0 Å². The number of pyridine rings is 2. The number of hydrogen-bond donors (Lipinski definition) is 1. The molecule has 7 heteroatoms. The van der Waals surface area contributed by atoms with Crippen LogP contribution in [0.4, 0.5) is 10.2 Å². The molecule has 0 unspecified atom stereocenters. The van der Waals surface area contributed by atoms with Crippen LogP contribution in [-0.4, -0.2) is 18.4 Å². The van der Waals surface area contributed by atoms with E-state index < -0.39 is 20.9 Å². The normalized spacial score (nSPS) is 11.2. The van der Waals surface area contributed by atoms with Crippen LogP contribution in [0.5, 0.6) is 0 Å². The lowest BCUT2D eigenvalue weighted by molar-refractivity contribution is 0.556. The molecule has 0 fully saturated rings. The molecule has 0 aliphatic heterocycles. The summed E-state index contributed by atoms with van der Waals surface area (Å²) in [6.07, 6.45) is 1.21. The molecule has 2 aromatic heterocycles. The Bertz CT molecular complexity index is 673. The van der Waals surface area contributed by atoms with Crippen LogP contribution < -0.4 is 4.72 Å². The molecular weight excluding hydrogens is 257 g/mol. The van der Waals surface area contributed by atoms with Gasteiger partial charge in [0.2, 0.25) is 5.03 Å². The molecule has 2 aromatic rings. The van der Waals surface area contributed by atoms with Crippen LogP contribution >= 0.6 is 0 Å². The maximum absolute atomic E-state index is 13.4. The molecule has 0 saturated heterocycles. The second kappa shape index (κ2) is 4.69. The van der Waals surface area contributed by atoms with Crippen LogP contribution in [0.25, 0.3) is 0 Å². The molecule has 0 aliphatic rings. The monoisotopic (exact) mass is 267 g/mol. The number of hydrogen-bond acceptors (Lipinski definition) is 4. The predicted molar refractivity (Wildman–Crippen MR) is 64.0 cm³/mol. The molecular formula is C11H10FN3O2S. The van der Waals surface area contributed by atoms with Crippen LogP contribution in [0.3, 0.4) is 0 Å². The van der Waals surface area contributed by atoms with Crippen molar-refractivity contribution in [3.63, 3.8) is 0 Å². The number of sulfonamides is 1. The number of nitrogens with one attached hydrogen (secondary N) is 1. The number of nitrogens with zero attached hydrogens (tertiary/aromatic N) is 2. The Balaban J connectivity index is 2.37. The summed E-state index contributed by atoms with van der Waals surface area (Å²) in [5.74, 6) is -0.780. The average molecular weight is 267 g/mol. The first kappa shape index (κ1) is 12.4. The van der Waals surface area contributed by atoms with Crippen LogP contribution in [0.2, 0.25) is 0 Å². The van der Waals surface area contributed by atoms with E-state index >= 15 is 0 Å². The second-order valence-electron chi connectivity index (χ2n) is 3.56. The van der Waals surface area contributed by atoms with Gasteiger partial charge in [-0.25, -0.2) is 14.4 Å². The Kier molecular flexibility index (Phi) is 3.24. The van der Waals surface area contributed by atoms with Gasteiger partial charge in [-0.15, -0.1) is 0 Å². The Labute approximate surface area is 104 Å².